The van der Waals surface area contributed by atoms with E-state index in [-0.39, 0.29) is 0 Å². The first kappa shape index (κ1) is 14.3. The van der Waals surface area contributed by atoms with Gasteiger partial charge in [0.15, 0.2) is 0 Å². The maximum atomic E-state index is 4.53. The van der Waals surface area contributed by atoms with Crippen LogP contribution in [0.1, 0.15) is 24.7 Å². The van der Waals surface area contributed by atoms with Crippen LogP contribution in [0.5, 0.6) is 0 Å². The molecule has 1 saturated heterocycles. The highest BCUT2D eigenvalue weighted by Crippen LogP contribution is 2.18. The Morgan fingerprint density at radius 1 is 1.14 bits per heavy atom. The molecule has 21 heavy (non-hydrogen) atoms. The first-order valence-electron chi connectivity index (χ1n) is 7.91. The topological polar surface area (TPSA) is 44.0 Å². The molecule has 1 aromatic heterocycles. The summed E-state index contributed by atoms with van der Waals surface area (Å²) in [7, 11) is 0. The Morgan fingerprint density at radius 3 is 2.62 bits per heavy atom. The van der Waals surface area contributed by atoms with E-state index in [1.807, 2.05) is 6.20 Å². The molecule has 3 rings (SSSR count). The molecular weight excluding hydrogens is 260 g/mol. The fraction of sp³-hybridized carbons (Fsp3) is 0.471. The summed E-state index contributed by atoms with van der Waals surface area (Å²) in [6.07, 6.45) is 4.29. The first-order chi connectivity index (χ1) is 10.3. The number of nitrogens with zero attached hydrogens (tertiary/aromatic N) is 2. The van der Waals surface area contributed by atoms with Crippen molar-refractivity contribution in [1.29, 1.82) is 0 Å². The van der Waals surface area contributed by atoms with Gasteiger partial charge in [-0.25, -0.2) is 4.98 Å². The van der Waals surface area contributed by atoms with E-state index in [0.29, 0.717) is 0 Å². The predicted molar refractivity (Wildman–Crippen MR) is 86.2 cm³/mol. The third-order valence-corrected chi connectivity index (χ3v) is 4.02. The predicted octanol–water partition coefficient (Wildman–Crippen LogP) is 2.43. The van der Waals surface area contributed by atoms with Crippen LogP contribution < -0.4 is 5.32 Å². The van der Waals surface area contributed by atoms with E-state index in [1.165, 1.54) is 17.5 Å². The van der Waals surface area contributed by atoms with Crippen LogP contribution >= 0.6 is 0 Å². The first-order valence-corrected chi connectivity index (χ1v) is 7.91. The third-order valence-electron chi connectivity index (χ3n) is 4.02. The highest BCUT2D eigenvalue weighted by Gasteiger charge is 2.12. The van der Waals surface area contributed by atoms with Gasteiger partial charge in [0, 0.05) is 26.2 Å². The van der Waals surface area contributed by atoms with E-state index in [4.69, 9.17) is 0 Å². The lowest BCUT2D eigenvalue weighted by atomic mass is 10.1. The van der Waals surface area contributed by atoms with Crippen molar-refractivity contribution in [1.82, 2.24) is 20.2 Å². The van der Waals surface area contributed by atoms with Gasteiger partial charge >= 0.3 is 0 Å². The van der Waals surface area contributed by atoms with Gasteiger partial charge in [-0.05, 0) is 17.5 Å². The molecule has 0 aliphatic carbocycles. The third kappa shape index (κ3) is 3.71. The fourth-order valence-electron chi connectivity index (χ4n) is 2.81. The molecule has 4 nitrogen and oxygen atoms in total. The molecule has 0 amide bonds. The number of benzene rings is 1. The number of rotatable bonds is 5. The van der Waals surface area contributed by atoms with Gasteiger partial charge in [-0.15, -0.1) is 0 Å². The summed E-state index contributed by atoms with van der Waals surface area (Å²) >= 11 is 0. The molecule has 1 fully saturated rings. The van der Waals surface area contributed by atoms with Crippen molar-refractivity contribution in [3.63, 3.8) is 0 Å². The molecule has 0 spiro atoms. The van der Waals surface area contributed by atoms with E-state index < -0.39 is 0 Å². The highest BCUT2D eigenvalue weighted by molar-refractivity contribution is 5.58. The summed E-state index contributed by atoms with van der Waals surface area (Å²) in [5.41, 5.74) is 3.74. The Morgan fingerprint density at radius 2 is 1.90 bits per heavy atom. The molecule has 2 N–H and O–H groups in total. The Bertz CT molecular complexity index is 552. The van der Waals surface area contributed by atoms with Crippen LogP contribution in [0.4, 0.5) is 0 Å². The van der Waals surface area contributed by atoms with Gasteiger partial charge in [0.05, 0.1) is 18.4 Å². The second kappa shape index (κ2) is 6.87. The van der Waals surface area contributed by atoms with Crippen molar-refractivity contribution in [3.05, 3.63) is 41.9 Å². The number of aromatic amines is 1. The molecule has 4 heteroatoms. The molecule has 0 radical (unpaired) electrons. The maximum Gasteiger partial charge on any atom is 0.120 e. The van der Waals surface area contributed by atoms with E-state index in [2.05, 4.69) is 51.4 Å². The summed E-state index contributed by atoms with van der Waals surface area (Å²) in [6, 6.07) is 8.81. The van der Waals surface area contributed by atoms with E-state index in [0.717, 1.165) is 50.7 Å². The van der Waals surface area contributed by atoms with Gasteiger partial charge in [0.2, 0.25) is 0 Å². The van der Waals surface area contributed by atoms with Crippen molar-refractivity contribution >= 4 is 0 Å². The monoisotopic (exact) mass is 284 g/mol. The van der Waals surface area contributed by atoms with Crippen LogP contribution in [0.2, 0.25) is 0 Å². The van der Waals surface area contributed by atoms with E-state index in [1.54, 1.807) is 0 Å². The molecule has 2 aromatic rings. The molecule has 0 unspecified atom stereocenters. The SMILES string of the molecule is CCCc1ccc(-c2cnc(CN3CCNCC3)[nH]2)cc1. The molecule has 1 aliphatic rings. The van der Waals surface area contributed by atoms with Crippen LogP contribution in [-0.2, 0) is 13.0 Å². The Balaban J connectivity index is 1.66. The van der Waals surface area contributed by atoms with Gasteiger partial charge in [-0.2, -0.15) is 0 Å². The smallest absolute Gasteiger partial charge is 0.120 e. The largest absolute Gasteiger partial charge is 0.341 e. The standard InChI is InChI=1S/C17H24N4/c1-2-3-14-4-6-15(7-5-14)16-12-19-17(20-16)13-21-10-8-18-9-11-21/h4-7,12,18H,2-3,8-11,13H2,1H3,(H,19,20). The van der Waals surface area contributed by atoms with Crippen molar-refractivity contribution < 1.29 is 0 Å². The summed E-state index contributed by atoms with van der Waals surface area (Å²) in [5, 5.41) is 3.37. The minimum absolute atomic E-state index is 0.912. The lowest BCUT2D eigenvalue weighted by Crippen LogP contribution is -2.43. The molecule has 1 aromatic carbocycles. The zero-order valence-electron chi connectivity index (χ0n) is 12.7. The van der Waals surface area contributed by atoms with Crippen molar-refractivity contribution in [3.8, 4) is 11.3 Å². The molecule has 112 valence electrons. The molecule has 0 atom stereocenters. The van der Waals surface area contributed by atoms with Crippen LogP contribution in [0.3, 0.4) is 0 Å². The van der Waals surface area contributed by atoms with Crippen LogP contribution in [0.15, 0.2) is 30.5 Å². The van der Waals surface area contributed by atoms with Gasteiger partial charge < -0.3 is 10.3 Å². The maximum absolute atomic E-state index is 4.53. The van der Waals surface area contributed by atoms with Crippen LogP contribution in [0.25, 0.3) is 11.3 Å². The van der Waals surface area contributed by atoms with E-state index in [9.17, 15) is 0 Å². The van der Waals surface area contributed by atoms with Crippen LogP contribution in [-0.4, -0.2) is 41.0 Å². The zero-order chi connectivity index (χ0) is 14.5. The number of aryl methyl sites for hydroxylation is 1. The second-order valence-electron chi connectivity index (χ2n) is 5.72. The number of nitrogens with one attached hydrogen (secondary N) is 2. The summed E-state index contributed by atoms with van der Waals surface area (Å²) in [4.78, 5) is 10.4. The second-order valence-corrected chi connectivity index (χ2v) is 5.72. The average molecular weight is 284 g/mol. The summed E-state index contributed by atoms with van der Waals surface area (Å²) < 4.78 is 0. The molecule has 1 aliphatic heterocycles. The number of hydrogen-bond acceptors (Lipinski definition) is 3. The van der Waals surface area contributed by atoms with Crippen LogP contribution in [0, 0.1) is 0 Å². The quantitative estimate of drug-likeness (QED) is 0.886. The number of aromatic nitrogens is 2. The number of piperazine rings is 1. The molecule has 0 saturated carbocycles. The van der Waals surface area contributed by atoms with Crippen molar-refractivity contribution in [2.75, 3.05) is 26.2 Å². The minimum atomic E-state index is 0.912. The zero-order valence-corrected chi connectivity index (χ0v) is 12.7. The van der Waals surface area contributed by atoms with Gasteiger partial charge in [0.25, 0.3) is 0 Å². The Kier molecular flexibility index (Phi) is 4.68. The number of H-pyrrole nitrogens is 1. The molecular formula is C17H24N4. The summed E-state index contributed by atoms with van der Waals surface area (Å²) in [5.74, 6) is 1.06. The number of hydrogen-bond donors (Lipinski definition) is 2. The molecule has 2 heterocycles. The van der Waals surface area contributed by atoms with E-state index >= 15 is 0 Å². The normalized spacial score (nSPS) is 16.2. The number of imidazole rings is 1. The van der Waals surface area contributed by atoms with Gasteiger partial charge in [-0.1, -0.05) is 37.6 Å². The lowest BCUT2D eigenvalue weighted by Gasteiger charge is -2.26. The minimum Gasteiger partial charge on any atom is -0.341 e. The Labute approximate surface area is 126 Å². The Hall–Kier alpha value is -1.65. The highest BCUT2D eigenvalue weighted by atomic mass is 15.2. The summed E-state index contributed by atoms with van der Waals surface area (Å²) in [6.45, 7) is 7.48. The fourth-order valence-corrected chi connectivity index (χ4v) is 2.81. The van der Waals surface area contributed by atoms with Crippen molar-refractivity contribution in [2.24, 2.45) is 0 Å². The molecule has 0 bridgehead atoms. The van der Waals surface area contributed by atoms with Crippen molar-refractivity contribution in [2.45, 2.75) is 26.3 Å². The van der Waals surface area contributed by atoms with Gasteiger partial charge in [-0.3, -0.25) is 4.90 Å². The van der Waals surface area contributed by atoms with Gasteiger partial charge in [0.1, 0.15) is 5.82 Å². The average Bonchev–Trinajstić information content (AvgIpc) is 2.98. The lowest BCUT2D eigenvalue weighted by molar-refractivity contribution is 0.228.